The summed E-state index contributed by atoms with van der Waals surface area (Å²) >= 11 is 0. The Balaban J connectivity index is 2.67. The van der Waals surface area contributed by atoms with Gasteiger partial charge < -0.3 is 10.3 Å². The molecule has 72 valence electrons. The summed E-state index contributed by atoms with van der Waals surface area (Å²) in [6, 6.07) is 8.02. The maximum Gasteiger partial charge on any atom is 0.123 e. The van der Waals surface area contributed by atoms with Crippen molar-refractivity contribution in [3.63, 3.8) is 0 Å². The van der Waals surface area contributed by atoms with Gasteiger partial charge in [0.15, 0.2) is 0 Å². The first-order valence-electron chi connectivity index (χ1n) is 4.62. The number of para-hydroxylation sites is 2. The minimum absolute atomic E-state index is 0.461. The lowest BCUT2D eigenvalue weighted by molar-refractivity contribution is 0.759. The van der Waals surface area contributed by atoms with Crippen LogP contribution >= 0.6 is 0 Å². The molecule has 0 bridgehead atoms. The molecule has 1 aromatic carbocycles. The van der Waals surface area contributed by atoms with Crippen LogP contribution in [0.25, 0.3) is 11.0 Å². The monoisotopic (exact) mass is 187 g/mol. The van der Waals surface area contributed by atoms with Crippen molar-refractivity contribution in [3.8, 4) is 0 Å². The number of nitrogens with zero attached hydrogens (tertiary/aromatic N) is 2. The largest absolute Gasteiger partial charge is 0.324 e. The number of imidazole rings is 1. The zero-order valence-corrected chi connectivity index (χ0v) is 7.98. The standard InChI is InChI=1S/C11H13N3/c1-2-7-14-10-6-4-3-5-9(10)13-11(14)8-12/h2-6H,1,7-8,12H2. The van der Waals surface area contributed by atoms with E-state index in [1.807, 2.05) is 30.3 Å². The fourth-order valence-electron chi connectivity index (χ4n) is 1.61. The number of benzene rings is 1. The highest BCUT2D eigenvalue weighted by Crippen LogP contribution is 2.15. The van der Waals surface area contributed by atoms with E-state index in [1.165, 1.54) is 0 Å². The van der Waals surface area contributed by atoms with Crippen LogP contribution in [0, 0.1) is 0 Å². The Morgan fingerprint density at radius 3 is 2.93 bits per heavy atom. The van der Waals surface area contributed by atoms with E-state index in [4.69, 9.17) is 5.73 Å². The van der Waals surface area contributed by atoms with Crippen LogP contribution in [0.4, 0.5) is 0 Å². The molecular weight excluding hydrogens is 174 g/mol. The van der Waals surface area contributed by atoms with E-state index < -0.39 is 0 Å². The van der Waals surface area contributed by atoms with Crippen LogP contribution in [-0.4, -0.2) is 9.55 Å². The number of rotatable bonds is 3. The van der Waals surface area contributed by atoms with Crippen LogP contribution < -0.4 is 5.73 Å². The van der Waals surface area contributed by atoms with Gasteiger partial charge in [0.2, 0.25) is 0 Å². The number of allylic oxidation sites excluding steroid dienone is 1. The van der Waals surface area contributed by atoms with E-state index in [-0.39, 0.29) is 0 Å². The first kappa shape index (κ1) is 8.97. The molecule has 0 unspecified atom stereocenters. The number of nitrogens with two attached hydrogens (primary N) is 1. The van der Waals surface area contributed by atoms with Crippen molar-refractivity contribution < 1.29 is 0 Å². The lowest BCUT2D eigenvalue weighted by atomic mass is 10.3. The molecule has 0 fully saturated rings. The summed E-state index contributed by atoms with van der Waals surface area (Å²) in [5, 5.41) is 0. The molecule has 0 spiro atoms. The first-order valence-corrected chi connectivity index (χ1v) is 4.62. The Morgan fingerprint density at radius 2 is 2.21 bits per heavy atom. The van der Waals surface area contributed by atoms with Gasteiger partial charge in [0.05, 0.1) is 17.6 Å². The fraction of sp³-hybridized carbons (Fsp3) is 0.182. The van der Waals surface area contributed by atoms with Gasteiger partial charge in [-0.25, -0.2) is 4.98 Å². The average Bonchev–Trinajstić information content (AvgIpc) is 2.58. The molecule has 2 rings (SSSR count). The Bertz CT molecular complexity index is 457. The molecule has 0 aliphatic rings. The van der Waals surface area contributed by atoms with Crippen LogP contribution in [0.15, 0.2) is 36.9 Å². The molecule has 1 heterocycles. The normalized spacial score (nSPS) is 10.6. The summed E-state index contributed by atoms with van der Waals surface area (Å²) in [6.45, 7) is 4.95. The summed E-state index contributed by atoms with van der Waals surface area (Å²) in [5.74, 6) is 0.908. The summed E-state index contributed by atoms with van der Waals surface area (Å²) in [6.07, 6.45) is 1.85. The zero-order valence-electron chi connectivity index (χ0n) is 7.98. The predicted octanol–water partition coefficient (Wildman–Crippen LogP) is 1.68. The maximum absolute atomic E-state index is 5.63. The van der Waals surface area contributed by atoms with Crippen LogP contribution in [0.3, 0.4) is 0 Å². The van der Waals surface area contributed by atoms with Gasteiger partial charge in [-0.15, -0.1) is 6.58 Å². The second-order valence-electron chi connectivity index (χ2n) is 3.12. The fourth-order valence-corrected chi connectivity index (χ4v) is 1.61. The van der Waals surface area contributed by atoms with E-state index >= 15 is 0 Å². The van der Waals surface area contributed by atoms with Crippen LogP contribution in [0.1, 0.15) is 5.82 Å². The average molecular weight is 187 g/mol. The van der Waals surface area contributed by atoms with Gasteiger partial charge in [0.25, 0.3) is 0 Å². The van der Waals surface area contributed by atoms with Gasteiger partial charge in [-0.05, 0) is 12.1 Å². The molecule has 1 aromatic heterocycles. The lowest BCUT2D eigenvalue weighted by Crippen LogP contribution is -2.07. The predicted molar refractivity (Wildman–Crippen MR) is 57.8 cm³/mol. The Labute approximate surface area is 82.9 Å². The molecule has 0 amide bonds. The highest BCUT2D eigenvalue weighted by molar-refractivity contribution is 5.75. The highest BCUT2D eigenvalue weighted by atomic mass is 15.1. The summed E-state index contributed by atoms with van der Waals surface area (Å²) in [5.41, 5.74) is 7.74. The maximum atomic E-state index is 5.63. The van der Waals surface area contributed by atoms with Crippen LogP contribution in [0.2, 0.25) is 0 Å². The topological polar surface area (TPSA) is 43.8 Å². The van der Waals surface area contributed by atoms with E-state index in [0.29, 0.717) is 6.54 Å². The number of aromatic nitrogens is 2. The third kappa shape index (κ3) is 1.32. The molecular formula is C11H13N3. The van der Waals surface area contributed by atoms with Gasteiger partial charge >= 0.3 is 0 Å². The minimum Gasteiger partial charge on any atom is -0.324 e. The SMILES string of the molecule is C=CCn1c(CN)nc2ccccc21. The van der Waals surface area contributed by atoms with Crippen molar-refractivity contribution in [2.45, 2.75) is 13.1 Å². The molecule has 14 heavy (non-hydrogen) atoms. The Kier molecular flexibility index (Phi) is 2.33. The second kappa shape index (κ2) is 3.64. The molecule has 2 N–H and O–H groups in total. The van der Waals surface area contributed by atoms with Crippen molar-refractivity contribution in [1.29, 1.82) is 0 Å². The number of hydrogen-bond donors (Lipinski definition) is 1. The van der Waals surface area contributed by atoms with E-state index in [1.54, 1.807) is 0 Å². The molecule has 3 heteroatoms. The summed E-state index contributed by atoms with van der Waals surface area (Å²) < 4.78 is 2.09. The third-order valence-corrected chi connectivity index (χ3v) is 2.23. The number of fused-ring (bicyclic) bond motifs is 1. The van der Waals surface area contributed by atoms with Crippen LogP contribution in [-0.2, 0) is 13.1 Å². The number of hydrogen-bond acceptors (Lipinski definition) is 2. The van der Waals surface area contributed by atoms with Crippen molar-refractivity contribution >= 4 is 11.0 Å². The van der Waals surface area contributed by atoms with E-state index in [2.05, 4.69) is 16.1 Å². The van der Waals surface area contributed by atoms with Gasteiger partial charge in [-0.3, -0.25) is 0 Å². The molecule has 0 saturated heterocycles. The quantitative estimate of drug-likeness (QED) is 0.743. The zero-order chi connectivity index (χ0) is 9.97. The Morgan fingerprint density at radius 1 is 1.43 bits per heavy atom. The summed E-state index contributed by atoms with van der Waals surface area (Å²) in [7, 11) is 0. The third-order valence-electron chi connectivity index (χ3n) is 2.23. The molecule has 0 saturated carbocycles. The van der Waals surface area contributed by atoms with Crippen molar-refractivity contribution in [1.82, 2.24) is 9.55 Å². The Hall–Kier alpha value is -1.61. The van der Waals surface area contributed by atoms with Gasteiger partial charge in [-0.1, -0.05) is 18.2 Å². The summed E-state index contributed by atoms with van der Waals surface area (Å²) in [4.78, 5) is 4.44. The lowest BCUT2D eigenvalue weighted by Gasteiger charge is -2.03. The molecule has 0 atom stereocenters. The second-order valence-corrected chi connectivity index (χ2v) is 3.12. The van der Waals surface area contributed by atoms with Crippen LogP contribution in [0.5, 0.6) is 0 Å². The molecule has 0 radical (unpaired) electrons. The highest BCUT2D eigenvalue weighted by Gasteiger charge is 2.06. The van der Waals surface area contributed by atoms with Gasteiger partial charge in [0, 0.05) is 6.54 Å². The van der Waals surface area contributed by atoms with Crippen molar-refractivity contribution in [2.75, 3.05) is 0 Å². The molecule has 0 aliphatic heterocycles. The first-order chi connectivity index (χ1) is 6.86. The smallest absolute Gasteiger partial charge is 0.123 e. The molecule has 0 aliphatic carbocycles. The molecule has 2 aromatic rings. The minimum atomic E-state index is 0.461. The van der Waals surface area contributed by atoms with E-state index in [9.17, 15) is 0 Å². The van der Waals surface area contributed by atoms with Crippen molar-refractivity contribution in [3.05, 3.63) is 42.7 Å². The van der Waals surface area contributed by atoms with Gasteiger partial charge in [-0.2, -0.15) is 0 Å². The van der Waals surface area contributed by atoms with E-state index in [0.717, 1.165) is 23.4 Å². The van der Waals surface area contributed by atoms with Crippen molar-refractivity contribution in [2.24, 2.45) is 5.73 Å². The van der Waals surface area contributed by atoms with Gasteiger partial charge in [0.1, 0.15) is 5.82 Å². The molecule has 3 nitrogen and oxygen atoms in total.